The van der Waals surface area contributed by atoms with Crippen molar-refractivity contribution in [2.24, 2.45) is 11.7 Å². The molecule has 94 valence electrons. The van der Waals surface area contributed by atoms with E-state index < -0.39 is 0 Å². The van der Waals surface area contributed by atoms with Crippen LogP contribution in [0.25, 0.3) is 0 Å². The lowest BCUT2D eigenvalue weighted by Gasteiger charge is -2.38. The van der Waals surface area contributed by atoms with Gasteiger partial charge in [0.15, 0.2) is 0 Å². The number of hydrogen-bond acceptors (Lipinski definition) is 3. The molecule has 1 aromatic heterocycles. The predicted octanol–water partition coefficient (Wildman–Crippen LogP) is 0.999. The van der Waals surface area contributed by atoms with Crippen LogP contribution in [-0.2, 0) is 0 Å². The molecule has 2 heterocycles. The fraction of sp³-hybridized carbons (Fsp3) is 0.667. The van der Waals surface area contributed by atoms with Gasteiger partial charge in [0.25, 0.3) is 5.91 Å². The van der Waals surface area contributed by atoms with Crippen molar-refractivity contribution < 1.29 is 4.79 Å². The van der Waals surface area contributed by atoms with E-state index in [0.717, 1.165) is 19.4 Å². The predicted molar refractivity (Wildman–Crippen MR) is 65.5 cm³/mol. The molecule has 2 rings (SSSR count). The lowest BCUT2D eigenvalue weighted by Crippen LogP contribution is -2.49. The number of nitrogens with two attached hydrogens (primary N) is 1. The van der Waals surface area contributed by atoms with Crippen LogP contribution in [0.15, 0.2) is 12.4 Å². The Morgan fingerprint density at radius 1 is 1.71 bits per heavy atom. The third-order valence-electron chi connectivity index (χ3n) is 3.68. The van der Waals surface area contributed by atoms with E-state index in [-0.39, 0.29) is 11.9 Å². The van der Waals surface area contributed by atoms with E-state index in [0.29, 0.717) is 18.0 Å². The number of amides is 1. The number of hydrogen-bond donors (Lipinski definition) is 2. The van der Waals surface area contributed by atoms with Crippen LogP contribution < -0.4 is 5.73 Å². The van der Waals surface area contributed by atoms with Gasteiger partial charge in [0.2, 0.25) is 0 Å². The Kier molecular flexibility index (Phi) is 3.78. The van der Waals surface area contributed by atoms with Gasteiger partial charge in [-0.3, -0.25) is 9.89 Å². The van der Waals surface area contributed by atoms with Gasteiger partial charge >= 0.3 is 0 Å². The Hall–Kier alpha value is -1.36. The Morgan fingerprint density at radius 3 is 3.12 bits per heavy atom. The monoisotopic (exact) mass is 236 g/mol. The average molecular weight is 236 g/mol. The summed E-state index contributed by atoms with van der Waals surface area (Å²) in [6.07, 6.45) is 6.49. The highest BCUT2D eigenvalue weighted by atomic mass is 16.2. The Bertz CT molecular complexity index is 363. The summed E-state index contributed by atoms with van der Waals surface area (Å²) in [7, 11) is 0. The van der Waals surface area contributed by atoms with Crippen LogP contribution in [-0.4, -0.2) is 40.1 Å². The molecule has 17 heavy (non-hydrogen) atoms. The molecule has 1 aliphatic rings. The van der Waals surface area contributed by atoms with Gasteiger partial charge in [-0.2, -0.15) is 5.10 Å². The van der Waals surface area contributed by atoms with Crippen LogP contribution in [0.5, 0.6) is 0 Å². The first kappa shape index (κ1) is 12.1. The number of carbonyl (C=O) groups excluding carboxylic acids is 1. The Labute approximate surface area is 101 Å². The first-order valence-electron chi connectivity index (χ1n) is 6.26. The largest absolute Gasteiger partial charge is 0.334 e. The number of nitrogens with zero attached hydrogens (tertiary/aromatic N) is 2. The molecule has 2 unspecified atom stereocenters. The van der Waals surface area contributed by atoms with E-state index in [4.69, 9.17) is 5.73 Å². The van der Waals surface area contributed by atoms with Crippen molar-refractivity contribution in [3.63, 3.8) is 0 Å². The summed E-state index contributed by atoms with van der Waals surface area (Å²) in [4.78, 5) is 14.1. The summed E-state index contributed by atoms with van der Waals surface area (Å²) in [5.74, 6) is 0.751. The zero-order valence-electron chi connectivity index (χ0n) is 10.2. The lowest BCUT2D eigenvalue weighted by molar-refractivity contribution is 0.0558. The SMILES string of the molecule is CCC1CCN(C(=O)c2cn[nH]c2)C(CN)C1. The number of piperidine rings is 1. The number of aromatic amines is 1. The number of aromatic nitrogens is 2. The molecule has 1 aliphatic heterocycles. The van der Waals surface area contributed by atoms with E-state index in [1.165, 1.54) is 6.42 Å². The van der Waals surface area contributed by atoms with Crippen molar-refractivity contribution in [1.29, 1.82) is 0 Å². The maximum Gasteiger partial charge on any atom is 0.257 e. The third kappa shape index (κ3) is 2.49. The smallest absolute Gasteiger partial charge is 0.257 e. The molecule has 0 bridgehead atoms. The molecule has 0 saturated carbocycles. The van der Waals surface area contributed by atoms with Gasteiger partial charge in [-0.1, -0.05) is 13.3 Å². The molecule has 1 saturated heterocycles. The van der Waals surface area contributed by atoms with Crippen molar-refractivity contribution in [1.82, 2.24) is 15.1 Å². The molecule has 1 amide bonds. The number of likely N-dealkylation sites (tertiary alicyclic amines) is 1. The molecule has 0 radical (unpaired) electrons. The second kappa shape index (κ2) is 5.31. The zero-order valence-corrected chi connectivity index (χ0v) is 10.2. The molecule has 1 fully saturated rings. The minimum Gasteiger partial charge on any atom is -0.334 e. The molecule has 2 atom stereocenters. The van der Waals surface area contributed by atoms with Crippen LogP contribution in [0, 0.1) is 5.92 Å². The topological polar surface area (TPSA) is 75.0 Å². The minimum absolute atomic E-state index is 0.0451. The molecule has 0 aliphatic carbocycles. The van der Waals surface area contributed by atoms with E-state index in [1.807, 2.05) is 4.90 Å². The van der Waals surface area contributed by atoms with Crippen molar-refractivity contribution in [3.8, 4) is 0 Å². The van der Waals surface area contributed by atoms with E-state index >= 15 is 0 Å². The van der Waals surface area contributed by atoms with Crippen LogP contribution in [0.4, 0.5) is 0 Å². The molecule has 5 heteroatoms. The van der Waals surface area contributed by atoms with Gasteiger partial charge < -0.3 is 10.6 Å². The van der Waals surface area contributed by atoms with Crippen LogP contribution >= 0.6 is 0 Å². The first-order chi connectivity index (χ1) is 8.26. The fourth-order valence-electron chi connectivity index (χ4n) is 2.53. The van der Waals surface area contributed by atoms with Crippen LogP contribution in [0.3, 0.4) is 0 Å². The van der Waals surface area contributed by atoms with Crippen molar-refractivity contribution in [2.45, 2.75) is 32.2 Å². The molecular formula is C12H20N4O. The van der Waals surface area contributed by atoms with Crippen molar-refractivity contribution >= 4 is 5.91 Å². The van der Waals surface area contributed by atoms with Crippen LogP contribution in [0.2, 0.25) is 0 Å². The average Bonchev–Trinajstić information content (AvgIpc) is 2.91. The van der Waals surface area contributed by atoms with Crippen LogP contribution in [0.1, 0.15) is 36.5 Å². The Balaban J connectivity index is 2.07. The molecule has 0 aromatic carbocycles. The van der Waals surface area contributed by atoms with Gasteiger partial charge in [0.1, 0.15) is 0 Å². The highest BCUT2D eigenvalue weighted by Gasteiger charge is 2.30. The number of nitrogens with one attached hydrogen (secondary N) is 1. The van der Waals surface area contributed by atoms with Gasteiger partial charge in [-0.05, 0) is 18.8 Å². The molecular weight excluding hydrogens is 216 g/mol. The summed E-state index contributed by atoms with van der Waals surface area (Å²) in [6, 6.07) is 0.177. The summed E-state index contributed by atoms with van der Waals surface area (Å²) < 4.78 is 0. The summed E-state index contributed by atoms with van der Waals surface area (Å²) >= 11 is 0. The summed E-state index contributed by atoms with van der Waals surface area (Å²) in [5, 5.41) is 6.49. The maximum atomic E-state index is 12.2. The lowest BCUT2D eigenvalue weighted by atomic mass is 9.88. The zero-order chi connectivity index (χ0) is 12.3. The Morgan fingerprint density at radius 2 is 2.53 bits per heavy atom. The fourth-order valence-corrected chi connectivity index (χ4v) is 2.53. The normalized spacial score (nSPS) is 24.9. The second-order valence-corrected chi connectivity index (χ2v) is 4.67. The van der Waals surface area contributed by atoms with E-state index in [9.17, 15) is 4.79 Å². The summed E-state index contributed by atoms with van der Waals surface area (Å²) in [5.41, 5.74) is 6.41. The first-order valence-corrected chi connectivity index (χ1v) is 6.26. The molecule has 3 N–H and O–H groups in total. The molecule has 0 spiro atoms. The van der Waals surface area contributed by atoms with E-state index in [1.54, 1.807) is 12.4 Å². The minimum atomic E-state index is 0.0451. The highest BCUT2D eigenvalue weighted by Crippen LogP contribution is 2.25. The van der Waals surface area contributed by atoms with Crippen molar-refractivity contribution in [3.05, 3.63) is 18.0 Å². The highest BCUT2D eigenvalue weighted by molar-refractivity contribution is 5.94. The van der Waals surface area contributed by atoms with Gasteiger partial charge in [-0.25, -0.2) is 0 Å². The quantitative estimate of drug-likeness (QED) is 0.822. The van der Waals surface area contributed by atoms with Gasteiger partial charge in [-0.15, -0.1) is 0 Å². The number of carbonyl (C=O) groups is 1. The van der Waals surface area contributed by atoms with Gasteiger partial charge in [0.05, 0.1) is 11.8 Å². The third-order valence-corrected chi connectivity index (χ3v) is 3.68. The standard InChI is InChI=1S/C12H20N4O/c1-2-9-3-4-16(11(5-9)6-13)12(17)10-7-14-15-8-10/h7-9,11H,2-6,13H2,1H3,(H,14,15). The molecule has 5 nitrogen and oxygen atoms in total. The number of H-pyrrole nitrogens is 1. The van der Waals surface area contributed by atoms with Crippen molar-refractivity contribution in [2.75, 3.05) is 13.1 Å². The number of rotatable bonds is 3. The van der Waals surface area contributed by atoms with E-state index in [2.05, 4.69) is 17.1 Å². The molecule has 1 aromatic rings. The maximum absolute atomic E-state index is 12.2. The summed E-state index contributed by atoms with van der Waals surface area (Å²) in [6.45, 7) is 3.55. The second-order valence-electron chi connectivity index (χ2n) is 4.67. The van der Waals surface area contributed by atoms with Gasteiger partial charge in [0, 0.05) is 25.3 Å².